The minimum absolute atomic E-state index is 0.0660. The normalized spacial score (nSPS) is 51.5. The minimum atomic E-state index is -0.0866. The van der Waals surface area contributed by atoms with Crippen molar-refractivity contribution in [1.82, 2.24) is 0 Å². The molecule has 0 saturated heterocycles. The molecule has 2 aliphatic rings. The van der Waals surface area contributed by atoms with Gasteiger partial charge < -0.3 is 10.2 Å². The molecule has 0 aromatic carbocycles. The van der Waals surface area contributed by atoms with Gasteiger partial charge in [0.25, 0.3) is 0 Å². The van der Waals surface area contributed by atoms with E-state index in [1.54, 1.807) is 0 Å². The Labute approximate surface area is 80.0 Å². The standard InChI is InChI=1S/C11H20O2/c1-7-10-4-3-9(12)6-8(10)2-5-11(7)13/h7-13H,2-6H2,1H3. The highest BCUT2D eigenvalue weighted by atomic mass is 16.3. The summed E-state index contributed by atoms with van der Waals surface area (Å²) < 4.78 is 0. The zero-order chi connectivity index (χ0) is 9.42. The predicted octanol–water partition coefficient (Wildman–Crippen LogP) is 1.55. The van der Waals surface area contributed by atoms with Gasteiger partial charge in [-0.3, -0.25) is 0 Å². The first-order chi connectivity index (χ1) is 6.18. The van der Waals surface area contributed by atoms with Crippen molar-refractivity contribution < 1.29 is 10.2 Å². The van der Waals surface area contributed by atoms with Gasteiger partial charge in [-0.2, -0.15) is 0 Å². The average Bonchev–Trinajstić information content (AvgIpc) is 2.12. The molecule has 0 radical (unpaired) electrons. The van der Waals surface area contributed by atoms with E-state index in [1.807, 2.05) is 0 Å². The van der Waals surface area contributed by atoms with Crippen LogP contribution in [0.3, 0.4) is 0 Å². The van der Waals surface area contributed by atoms with E-state index >= 15 is 0 Å². The number of hydrogen-bond acceptors (Lipinski definition) is 2. The van der Waals surface area contributed by atoms with Crippen molar-refractivity contribution in [3.63, 3.8) is 0 Å². The monoisotopic (exact) mass is 184 g/mol. The van der Waals surface area contributed by atoms with Crippen LogP contribution in [-0.4, -0.2) is 22.4 Å². The number of aliphatic hydroxyl groups is 2. The second-order valence-corrected chi connectivity index (χ2v) is 4.89. The maximum Gasteiger partial charge on any atom is 0.0568 e. The molecule has 0 aliphatic heterocycles. The maximum absolute atomic E-state index is 9.72. The van der Waals surface area contributed by atoms with Gasteiger partial charge in [0, 0.05) is 0 Å². The molecular weight excluding hydrogens is 164 g/mol. The molecule has 2 aliphatic carbocycles. The van der Waals surface area contributed by atoms with Crippen LogP contribution in [0, 0.1) is 17.8 Å². The molecule has 0 heterocycles. The zero-order valence-electron chi connectivity index (χ0n) is 8.32. The van der Waals surface area contributed by atoms with Gasteiger partial charge in [-0.15, -0.1) is 0 Å². The van der Waals surface area contributed by atoms with Gasteiger partial charge in [0.2, 0.25) is 0 Å². The molecule has 5 unspecified atom stereocenters. The lowest BCUT2D eigenvalue weighted by molar-refractivity contribution is -0.0353. The molecule has 2 saturated carbocycles. The SMILES string of the molecule is CC1C(O)CCC2CC(O)CCC21. The fraction of sp³-hybridized carbons (Fsp3) is 1.00. The van der Waals surface area contributed by atoms with Crippen molar-refractivity contribution in [3.8, 4) is 0 Å². The Hall–Kier alpha value is -0.0800. The molecule has 76 valence electrons. The molecule has 2 N–H and O–H groups in total. The Morgan fingerprint density at radius 1 is 1.00 bits per heavy atom. The van der Waals surface area contributed by atoms with Crippen molar-refractivity contribution in [2.24, 2.45) is 17.8 Å². The summed E-state index contributed by atoms with van der Waals surface area (Å²) >= 11 is 0. The van der Waals surface area contributed by atoms with Crippen molar-refractivity contribution >= 4 is 0 Å². The summed E-state index contributed by atoms with van der Waals surface area (Å²) in [4.78, 5) is 0. The summed E-state index contributed by atoms with van der Waals surface area (Å²) in [7, 11) is 0. The molecule has 2 rings (SSSR count). The third-order valence-electron chi connectivity index (χ3n) is 4.13. The van der Waals surface area contributed by atoms with Crippen molar-refractivity contribution in [1.29, 1.82) is 0 Å². The smallest absolute Gasteiger partial charge is 0.0568 e. The Bertz CT molecular complexity index is 181. The van der Waals surface area contributed by atoms with Gasteiger partial charge >= 0.3 is 0 Å². The van der Waals surface area contributed by atoms with Gasteiger partial charge in [0.05, 0.1) is 12.2 Å². The molecule has 13 heavy (non-hydrogen) atoms. The van der Waals surface area contributed by atoms with Crippen LogP contribution in [0.5, 0.6) is 0 Å². The Balaban J connectivity index is 2.02. The van der Waals surface area contributed by atoms with Crippen molar-refractivity contribution in [3.05, 3.63) is 0 Å². The van der Waals surface area contributed by atoms with E-state index in [9.17, 15) is 10.2 Å². The molecule has 0 amide bonds. The second kappa shape index (κ2) is 3.58. The van der Waals surface area contributed by atoms with Crippen LogP contribution < -0.4 is 0 Å². The molecule has 0 spiro atoms. The maximum atomic E-state index is 9.72. The summed E-state index contributed by atoms with van der Waals surface area (Å²) in [5.41, 5.74) is 0. The van der Waals surface area contributed by atoms with Crippen LogP contribution >= 0.6 is 0 Å². The van der Waals surface area contributed by atoms with Gasteiger partial charge in [-0.1, -0.05) is 6.92 Å². The minimum Gasteiger partial charge on any atom is -0.393 e. The highest BCUT2D eigenvalue weighted by molar-refractivity contribution is 4.89. The lowest BCUT2D eigenvalue weighted by Gasteiger charge is -2.43. The van der Waals surface area contributed by atoms with Crippen LogP contribution in [0.1, 0.15) is 39.0 Å². The van der Waals surface area contributed by atoms with Gasteiger partial charge in [-0.05, 0) is 49.9 Å². The van der Waals surface area contributed by atoms with Crippen molar-refractivity contribution in [2.45, 2.75) is 51.2 Å². The van der Waals surface area contributed by atoms with E-state index in [0.717, 1.165) is 32.1 Å². The van der Waals surface area contributed by atoms with Crippen LogP contribution in [0.25, 0.3) is 0 Å². The highest BCUT2D eigenvalue weighted by Gasteiger charge is 2.39. The molecule has 2 nitrogen and oxygen atoms in total. The molecular formula is C11H20O2. The molecule has 5 atom stereocenters. The summed E-state index contributed by atoms with van der Waals surface area (Å²) in [6, 6.07) is 0. The van der Waals surface area contributed by atoms with Crippen molar-refractivity contribution in [2.75, 3.05) is 0 Å². The first-order valence-corrected chi connectivity index (χ1v) is 5.54. The Morgan fingerprint density at radius 2 is 1.77 bits per heavy atom. The molecule has 0 bridgehead atoms. The van der Waals surface area contributed by atoms with Crippen LogP contribution in [0.2, 0.25) is 0 Å². The van der Waals surface area contributed by atoms with Crippen LogP contribution in [-0.2, 0) is 0 Å². The lowest BCUT2D eigenvalue weighted by Crippen LogP contribution is -2.40. The lowest BCUT2D eigenvalue weighted by atomic mass is 9.64. The molecule has 2 heteroatoms. The van der Waals surface area contributed by atoms with E-state index in [0.29, 0.717) is 17.8 Å². The summed E-state index contributed by atoms with van der Waals surface area (Å²) in [5, 5.41) is 19.3. The third-order valence-corrected chi connectivity index (χ3v) is 4.13. The fourth-order valence-corrected chi connectivity index (χ4v) is 3.22. The first-order valence-electron chi connectivity index (χ1n) is 5.54. The van der Waals surface area contributed by atoms with Gasteiger partial charge in [0.1, 0.15) is 0 Å². The largest absolute Gasteiger partial charge is 0.393 e. The molecule has 2 fully saturated rings. The summed E-state index contributed by atoms with van der Waals surface area (Å²) in [5.74, 6) is 1.81. The second-order valence-electron chi connectivity index (χ2n) is 4.89. The molecule has 0 aromatic rings. The van der Waals surface area contributed by atoms with E-state index in [1.165, 1.54) is 0 Å². The summed E-state index contributed by atoms with van der Waals surface area (Å²) in [6.45, 7) is 2.17. The summed E-state index contributed by atoms with van der Waals surface area (Å²) in [6.07, 6.45) is 4.94. The van der Waals surface area contributed by atoms with E-state index < -0.39 is 0 Å². The first kappa shape index (κ1) is 9.47. The predicted molar refractivity (Wildman–Crippen MR) is 51.2 cm³/mol. The Kier molecular flexibility index (Phi) is 2.61. The average molecular weight is 184 g/mol. The number of hydrogen-bond donors (Lipinski definition) is 2. The van der Waals surface area contributed by atoms with Crippen LogP contribution in [0.15, 0.2) is 0 Å². The van der Waals surface area contributed by atoms with Gasteiger partial charge in [-0.25, -0.2) is 0 Å². The molecule has 0 aromatic heterocycles. The quantitative estimate of drug-likeness (QED) is 0.599. The van der Waals surface area contributed by atoms with E-state index in [-0.39, 0.29) is 12.2 Å². The number of fused-ring (bicyclic) bond motifs is 1. The van der Waals surface area contributed by atoms with Crippen LogP contribution in [0.4, 0.5) is 0 Å². The van der Waals surface area contributed by atoms with Gasteiger partial charge in [0.15, 0.2) is 0 Å². The van der Waals surface area contributed by atoms with E-state index in [4.69, 9.17) is 0 Å². The topological polar surface area (TPSA) is 40.5 Å². The number of aliphatic hydroxyl groups excluding tert-OH is 2. The Morgan fingerprint density at radius 3 is 2.54 bits per heavy atom. The highest BCUT2D eigenvalue weighted by Crippen LogP contribution is 2.43. The van der Waals surface area contributed by atoms with E-state index in [2.05, 4.69) is 6.92 Å². The fourth-order valence-electron chi connectivity index (χ4n) is 3.22. The third kappa shape index (κ3) is 1.75. The zero-order valence-corrected chi connectivity index (χ0v) is 8.32. The number of rotatable bonds is 0.